The van der Waals surface area contributed by atoms with Gasteiger partial charge in [0.1, 0.15) is 6.33 Å². The Balaban J connectivity index is 1.93. The second-order valence-electron chi connectivity index (χ2n) is 5.05. The Morgan fingerprint density at radius 3 is 2.76 bits per heavy atom. The highest BCUT2D eigenvalue weighted by atomic mass is 15.5. The number of hydrogen-bond acceptors (Lipinski definition) is 5. The molecule has 1 unspecified atom stereocenters. The third-order valence-corrected chi connectivity index (χ3v) is 3.76. The second kappa shape index (κ2) is 7.85. The number of nitrogens with one attached hydrogen (secondary N) is 1. The number of benzene rings is 1. The molecule has 0 aliphatic carbocycles. The predicted octanol–water partition coefficient (Wildman–Crippen LogP) is 1.65. The average Bonchev–Trinajstić information content (AvgIpc) is 3.06. The van der Waals surface area contributed by atoms with Gasteiger partial charge < -0.3 is 10.2 Å². The van der Waals surface area contributed by atoms with Gasteiger partial charge in [-0.15, -0.1) is 5.10 Å². The Kier molecular flexibility index (Phi) is 5.83. The molecule has 1 aromatic carbocycles. The van der Waals surface area contributed by atoms with E-state index in [1.54, 1.807) is 11.0 Å². The maximum Gasteiger partial charge on any atom is 0.143 e. The molecule has 0 fully saturated rings. The highest BCUT2D eigenvalue weighted by molar-refractivity contribution is 5.35. The Labute approximate surface area is 126 Å². The van der Waals surface area contributed by atoms with Crippen molar-refractivity contribution >= 4 is 0 Å². The molecule has 6 heteroatoms. The van der Waals surface area contributed by atoms with E-state index in [-0.39, 0.29) is 0 Å². The van der Waals surface area contributed by atoms with Gasteiger partial charge in [-0.05, 0) is 48.1 Å². The molecule has 0 saturated heterocycles. The quantitative estimate of drug-likeness (QED) is 0.800. The number of nitrogens with zero attached hydrogens (tertiary/aromatic N) is 5. The Morgan fingerprint density at radius 2 is 2.10 bits per heavy atom. The lowest BCUT2D eigenvalue weighted by molar-refractivity contribution is 0.298. The summed E-state index contributed by atoms with van der Waals surface area (Å²) in [5.41, 5.74) is 2.22. The molecule has 0 bridgehead atoms. The molecule has 1 atom stereocenters. The van der Waals surface area contributed by atoms with E-state index in [4.69, 9.17) is 0 Å². The van der Waals surface area contributed by atoms with E-state index in [0.717, 1.165) is 31.9 Å². The lowest BCUT2D eigenvalue weighted by Gasteiger charge is -2.20. The van der Waals surface area contributed by atoms with Gasteiger partial charge in [0, 0.05) is 19.1 Å². The van der Waals surface area contributed by atoms with Crippen LogP contribution in [0.2, 0.25) is 0 Å². The molecule has 0 amide bonds. The number of tetrazole rings is 1. The van der Waals surface area contributed by atoms with Crippen molar-refractivity contribution in [3.63, 3.8) is 0 Å². The van der Waals surface area contributed by atoms with Crippen LogP contribution in [0.3, 0.4) is 0 Å². The lowest BCUT2D eigenvalue weighted by Crippen LogP contribution is -2.33. The van der Waals surface area contributed by atoms with Gasteiger partial charge in [0.25, 0.3) is 0 Å². The van der Waals surface area contributed by atoms with E-state index < -0.39 is 0 Å². The summed E-state index contributed by atoms with van der Waals surface area (Å²) in [7, 11) is 0. The summed E-state index contributed by atoms with van der Waals surface area (Å²) in [6.45, 7) is 10.8. The molecule has 0 aliphatic heterocycles. The van der Waals surface area contributed by atoms with Gasteiger partial charge >= 0.3 is 0 Å². The maximum absolute atomic E-state index is 3.92. The van der Waals surface area contributed by atoms with Crippen LogP contribution >= 0.6 is 0 Å². The molecule has 114 valence electrons. The average molecular weight is 288 g/mol. The molecule has 2 aromatic rings. The fourth-order valence-electron chi connectivity index (χ4n) is 2.31. The smallest absolute Gasteiger partial charge is 0.143 e. The van der Waals surface area contributed by atoms with Gasteiger partial charge in [-0.2, -0.15) is 0 Å². The Bertz CT molecular complexity index is 521. The monoisotopic (exact) mass is 288 g/mol. The first-order valence-electron chi connectivity index (χ1n) is 7.53. The Hall–Kier alpha value is -1.79. The topological polar surface area (TPSA) is 58.9 Å². The molecule has 0 saturated carbocycles. The first-order chi connectivity index (χ1) is 10.2. The number of hydrogen-bond donors (Lipinski definition) is 1. The first-order valence-corrected chi connectivity index (χ1v) is 7.53. The van der Waals surface area contributed by atoms with Crippen LogP contribution in [0.15, 0.2) is 30.6 Å². The summed E-state index contributed by atoms with van der Waals surface area (Å²) >= 11 is 0. The van der Waals surface area contributed by atoms with E-state index in [2.05, 4.69) is 58.6 Å². The summed E-state index contributed by atoms with van der Waals surface area (Å²) in [5, 5.41) is 14.8. The van der Waals surface area contributed by atoms with Crippen molar-refractivity contribution in [3.05, 3.63) is 36.2 Å². The van der Waals surface area contributed by atoms with Crippen LogP contribution in [0.1, 0.15) is 32.4 Å². The normalized spacial score (nSPS) is 12.8. The molecule has 21 heavy (non-hydrogen) atoms. The maximum atomic E-state index is 3.92. The summed E-state index contributed by atoms with van der Waals surface area (Å²) in [6.07, 6.45) is 1.61. The van der Waals surface area contributed by atoms with E-state index in [1.165, 1.54) is 5.56 Å². The summed E-state index contributed by atoms with van der Waals surface area (Å²) in [6, 6.07) is 8.59. The highest BCUT2D eigenvalue weighted by Gasteiger charge is 2.07. The van der Waals surface area contributed by atoms with Gasteiger partial charge in [0.05, 0.1) is 5.69 Å². The van der Waals surface area contributed by atoms with Gasteiger partial charge in [-0.25, -0.2) is 4.68 Å². The molecule has 2 rings (SSSR count). The third-order valence-electron chi connectivity index (χ3n) is 3.76. The van der Waals surface area contributed by atoms with Crippen molar-refractivity contribution in [2.45, 2.75) is 26.8 Å². The first kappa shape index (κ1) is 15.6. The minimum atomic E-state index is 0.303. The predicted molar refractivity (Wildman–Crippen MR) is 83.4 cm³/mol. The minimum absolute atomic E-state index is 0.303. The molecule has 1 heterocycles. The van der Waals surface area contributed by atoms with E-state index in [0.29, 0.717) is 6.04 Å². The van der Waals surface area contributed by atoms with Crippen LogP contribution in [0.5, 0.6) is 0 Å². The summed E-state index contributed by atoms with van der Waals surface area (Å²) in [5.74, 6) is 0. The van der Waals surface area contributed by atoms with Crippen LogP contribution in [0.25, 0.3) is 5.69 Å². The molecule has 6 nitrogen and oxygen atoms in total. The zero-order valence-corrected chi connectivity index (χ0v) is 13.0. The largest absolute Gasteiger partial charge is 0.309 e. The number of likely N-dealkylation sites (N-methyl/N-ethyl adjacent to an activating group) is 1. The summed E-state index contributed by atoms with van der Waals surface area (Å²) < 4.78 is 1.67. The van der Waals surface area contributed by atoms with Crippen molar-refractivity contribution < 1.29 is 0 Å². The van der Waals surface area contributed by atoms with E-state index in [9.17, 15) is 0 Å². The van der Waals surface area contributed by atoms with Crippen LogP contribution < -0.4 is 5.32 Å². The second-order valence-corrected chi connectivity index (χ2v) is 5.05. The van der Waals surface area contributed by atoms with Gasteiger partial charge in [0.2, 0.25) is 0 Å². The van der Waals surface area contributed by atoms with Crippen molar-refractivity contribution in [2.75, 3.05) is 26.2 Å². The molecule has 0 spiro atoms. The third kappa shape index (κ3) is 4.34. The van der Waals surface area contributed by atoms with Crippen LogP contribution in [0, 0.1) is 0 Å². The molecule has 1 N–H and O–H groups in total. The minimum Gasteiger partial charge on any atom is -0.309 e. The molecule has 0 aliphatic rings. The fraction of sp³-hybridized carbons (Fsp3) is 0.533. The standard InChI is InChI=1S/C15H24N6/c1-4-20(5-2)10-9-16-13(3)14-7-6-8-15(11-14)21-12-17-18-19-21/h6-8,11-13,16H,4-5,9-10H2,1-3H3. The lowest BCUT2D eigenvalue weighted by atomic mass is 10.1. The molecule has 1 aromatic heterocycles. The zero-order valence-electron chi connectivity index (χ0n) is 13.0. The van der Waals surface area contributed by atoms with Gasteiger partial charge in [0.15, 0.2) is 0 Å². The molecular weight excluding hydrogens is 264 g/mol. The Morgan fingerprint density at radius 1 is 1.29 bits per heavy atom. The van der Waals surface area contributed by atoms with Crippen LogP contribution in [-0.2, 0) is 0 Å². The van der Waals surface area contributed by atoms with Crippen molar-refractivity contribution in [2.24, 2.45) is 0 Å². The van der Waals surface area contributed by atoms with Crippen molar-refractivity contribution in [1.29, 1.82) is 0 Å². The SMILES string of the molecule is CCN(CC)CCNC(C)c1cccc(-n2cnnn2)c1. The van der Waals surface area contributed by atoms with Crippen molar-refractivity contribution in [3.8, 4) is 5.69 Å². The number of rotatable bonds is 8. The van der Waals surface area contributed by atoms with Crippen LogP contribution in [0.4, 0.5) is 0 Å². The van der Waals surface area contributed by atoms with E-state index in [1.807, 2.05) is 12.1 Å². The summed E-state index contributed by atoms with van der Waals surface area (Å²) in [4.78, 5) is 2.41. The highest BCUT2D eigenvalue weighted by Crippen LogP contribution is 2.15. The van der Waals surface area contributed by atoms with Gasteiger partial charge in [-0.3, -0.25) is 0 Å². The van der Waals surface area contributed by atoms with Gasteiger partial charge in [-0.1, -0.05) is 26.0 Å². The zero-order chi connectivity index (χ0) is 15.1. The van der Waals surface area contributed by atoms with E-state index >= 15 is 0 Å². The van der Waals surface area contributed by atoms with Crippen molar-refractivity contribution in [1.82, 2.24) is 30.4 Å². The number of aromatic nitrogens is 4. The van der Waals surface area contributed by atoms with Crippen LogP contribution in [-0.4, -0.2) is 51.3 Å². The molecular formula is C15H24N6. The molecule has 0 radical (unpaired) electrons. The fourth-order valence-corrected chi connectivity index (χ4v) is 2.31.